The van der Waals surface area contributed by atoms with Crippen LogP contribution in [0.15, 0.2) is 12.3 Å². The Balaban J connectivity index is 1.36. The molecule has 0 amide bonds. The number of anilines is 1. The predicted molar refractivity (Wildman–Crippen MR) is 110 cm³/mol. The molecule has 0 unspecified atom stereocenters. The summed E-state index contributed by atoms with van der Waals surface area (Å²) in [6.45, 7) is 1.70. The van der Waals surface area contributed by atoms with Crippen LogP contribution >= 0.6 is 0 Å². The van der Waals surface area contributed by atoms with Crippen LogP contribution < -0.4 is 5.32 Å². The van der Waals surface area contributed by atoms with Gasteiger partial charge in [0.2, 0.25) is 0 Å². The molecule has 0 atom stereocenters. The van der Waals surface area contributed by atoms with Gasteiger partial charge in [-0.1, -0.05) is 19.3 Å². The van der Waals surface area contributed by atoms with Crippen molar-refractivity contribution in [3.8, 4) is 0 Å². The second-order valence-corrected chi connectivity index (χ2v) is 8.37. The van der Waals surface area contributed by atoms with Crippen molar-refractivity contribution in [2.45, 2.75) is 76.7 Å². The zero-order chi connectivity index (χ0) is 19.2. The summed E-state index contributed by atoms with van der Waals surface area (Å²) >= 11 is 0. The third-order valence-corrected chi connectivity index (χ3v) is 6.31. The topological polar surface area (TPSA) is 79.9 Å². The van der Waals surface area contributed by atoms with Crippen LogP contribution in [-0.4, -0.2) is 40.2 Å². The Morgan fingerprint density at radius 2 is 1.96 bits per heavy atom. The number of fused-ring (bicyclic) bond motifs is 1. The number of ether oxygens (including phenoxy) is 1. The molecule has 6 heteroatoms. The van der Waals surface area contributed by atoms with Gasteiger partial charge in [-0.15, -0.1) is 0 Å². The molecule has 2 aromatic rings. The highest BCUT2D eigenvalue weighted by molar-refractivity contribution is 5.92. The summed E-state index contributed by atoms with van der Waals surface area (Å²) in [6, 6.07) is 2.43. The van der Waals surface area contributed by atoms with Crippen LogP contribution in [0.4, 0.5) is 5.82 Å². The molecule has 4 rings (SSSR count). The first-order valence-electron chi connectivity index (χ1n) is 11.0. The minimum Gasteiger partial charge on any atom is -0.381 e. The number of aryl methyl sites for hydroxylation is 1. The number of rotatable bonds is 8. The molecule has 3 heterocycles. The fraction of sp³-hybridized carbons (Fsp3) is 0.682. The lowest BCUT2D eigenvalue weighted by Crippen LogP contribution is -2.23. The Labute approximate surface area is 166 Å². The summed E-state index contributed by atoms with van der Waals surface area (Å²) in [5.41, 5.74) is 1.96. The minimum absolute atomic E-state index is 0.347. The van der Waals surface area contributed by atoms with Crippen molar-refractivity contribution in [1.82, 2.24) is 15.2 Å². The number of H-pyrrole nitrogens is 1. The van der Waals surface area contributed by atoms with Crippen LogP contribution in [-0.2, 0) is 16.0 Å². The Morgan fingerprint density at radius 1 is 1.14 bits per heavy atom. The Bertz CT molecular complexity index is 776. The molecule has 28 heavy (non-hydrogen) atoms. The standard InChI is InChI=1S/C22H32N4O2/c27-18(7-6-16-11-14-28-15-12-16)8-9-19-21-20(26-25-19)10-13-23-22(21)24-17-4-2-1-3-5-17/h10,13,16-17H,1-9,11-12,14-15H2,(H,23,24)(H,25,26). The lowest BCUT2D eigenvalue weighted by molar-refractivity contribution is -0.119. The zero-order valence-electron chi connectivity index (χ0n) is 16.7. The predicted octanol–water partition coefficient (Wildman–Crippen LogP) is 4.41. The molecule has 0 bridgehead atoms. The van der Waals surface area contributed by atoms with Gasteiger partial charge in [-0.25, -0.2) is 4.98 Å². The second kappa shape index (κ2) is 9.50. The number of nitrogens with one attached hydrogen (secondary N) is 2. The van der Waals surface area contributed by atoms with E-state index in [0.717, 1.165) is 54.9 Å². The average molecular weight is 385 g/mol. The number of hydrogen-bond acceptors (Lipinski definition) is 5. The average Bonchev–Trinajstić information content (AvgIpc) is 3.16. The SMILES string of the molecule is O=C(CCc1[nH]nc2ccnc(NC3CCCCC3)c12)CCC1CCOCC1. The third-order valence-electron chi connectivity index (χ3n) is 6.31. The quantitative estimate of drug-likeness (QED) is 0.705. The van der Waals surface area contributed by atoms with Crippen LogP contribution in [0.3, 0.4) is 0 Å². The number of hydrogen-bond donors (Lipinski definition) is 2. The van der Waals surface area contributed by atoms with Gasteiger partial charge >= 0.3 is 0 Å². The van der Waals surface area contributed by atoms with E-state index in [1.807, 2.05) is 12.3 Å². The van der Waals surface area contributed by atoms with Crippen molar-refractivity contribution in [2.24, 2.45) is 5.92 Å². The van der Waals surface area contributed by atoms with Gasteiger partial charge in [-0.05, 0) is 50.5 Å². The summed E-state index contributed by atoms with van der Waals surface area (Å²) in [5, 5.41) is 12.3. The highest BCUT2D eigenvalue weighted by atomic mass is 16.5. The molecule has 6 nitrogen and oxygen atoms in total. The summed E-state index contributed by atoms with van der Waals surface area (Å²) in [4.78, 5) is 17.0. The maximum atomic E-state index is 12.4. The fourth-order valence-electron chi connectivity index (χ4n) is 4.55. The molecule has 152 valence electrons. The van der Waals surface area contributed by atoms with Gasteiger partial charge in [0.25, 0.3) is 0 Å². The second-order valence-electron chi connectivity index (χ2n) is 8.37. The van der Waals surface area contributed by atoms with E-state index in [9.17, 15) is 4.79 Å². The number of Topliss-reactive ketones (excluding diaryl/α,β-unsaturated/α-hetero) is 1. The number of carbonyl (C=O) groups excluding carboxylic acids is 1. The van der Waals surface area contributed by atoms with Crippen molar-refractivity contribution in [3.05, 3.63) is 18.0 Å². The first kappa shape index (κ1) is 19.4. The lowest BCUT2D eigenvalue weighted by Gasteiger charge is -2.23. The monoisotopic (exact) mass is 384 g/mol. The maximum Gasteiger partial charge on any atom is 0.137 e. The van der Waals surface area contributed by atoms with E-state index in [1.54, 1.807) is 0 Å². The van der Waals surface area contributed by atoms with E-state index in [2.05, 4.69) is 20.5 Å². The molecular formula is C22H32N4O2. The van der Waals surface area contributed by atoms with E-state index in [0.29, 0.717) is 37.0 Å². The molecule has 0 radical (unpaired) electrons. The molecule has 1 aliphatic heterocycles. The van der Waals surface area contributed by atoms with E-state index >= 15 is 0 Å². The van der Waals surface area contributed by atoms with Gasteiger partial charge in [-0.2, -0.15) is 5.10 Å². The Kier molecular flexibility index (Phi) is 6.57. The summed E-state index contributed by atoms with van der Waals surface area (Å²) in [7, 11) is 0. The highest BCUT2D eigenvalue weighted by Crippen LogP contribution is 2.28. The Hall–Kier alpha value is -1.95. The van der Waals surface area contributed by atoms with Gasteiger partial charge in [-0.3, -0.25) is 9.89 Å². The molecule has 1 aliphatic carbocycles. The van der Waals surface area contributed by atoms with Crippen LogP contribution in [0.1, 0.15) is 69.9 Å². The lowest BCUT2D eigenvalue weighted by atomic mass is 9.93. The summed E-state index contributed by atoms with van der Waals surface area (Å²) in [6.07, 6.45) is 13.3. The molecule has 1 saturated carbocycles. The van der Waals surface area contributed by atoms with Gasteiger partial charge in [0, 0.05) is 44.0 Å². The number of carbonyl (C=O) groups is 1. The number of nitrogens with zero attached hydrogens (tertiary/aromatic N) is 2. The highest BCUT2D eigenvalue weighted by Gasteiger charge is 2.19. The molecule has 1 saturated heterocycles. The van der Waals surface area contributed by atoms with Crippen LogP contribution in [0.2, 0.25) is 0 Å². The number of aromatic amines is 1. The largest absolute Gasteiger partial charge is 0.381 e. The first-order valence-corrected chi connectivity index (χ1v) is 11.0. The van der Waals surface area contributed by atoms with Crippen molar-refractivity contribution in [2.75, 3.05) is 18.5 Å². The molecular weight excluding hydrogens is 352 g/mol. The summed E-state index contributed by atoms with van der Waals surface area (Å²) < 4.78 is 5.40. The molecule has 2 fully saturated rings. The maximum absolute atomic E-state index is 12.4. The fourth-order valence-corrected chi connectivity index (χ4v) is 4.55. The first-order chi connectivity index (χ1) is 13.8. The molecule has 2 aliphatic rings. The van der Waals surface area contributed by atoms with E-state index in [-0.39, 0.29) is 0 Å². The Morgan fingerprint density at radius 3 is 2.79 bits per heavy atom. The van der Waals surface area contributed by atoms with Gasteiger partial charge in [0.1, 0.15) is 11.6 Å². The summed E-state index contributed by atoms with van der Waals surface area (Å²) in [5.74, 6) is 1.92. The van der Waals surface area contributed by atoms with E-state index in [1.165, 1.54) is 32.1 Å². The number of aromatic nitrogens is 3. The smallest absolute Gasteiger partial charge is 0.137 e. The number of ketones is 1. The van der Waals surface area contributed by atoms with Crippen molar-refractivity contribution in [3.63, 3.8) is 0 Å². The normalized spacial score (nSPS) is 19.1. The van der Waals surface area contributed by atoms with Crippen LogP contribution in [0, 0.1) is 5.92 Å². The zero-order valence-corrected chi connectivity index (χ0v) is 16.7. The molecule has 2 aromatic heterocycles. The van der Waals surface area contributed by atoms with E-state index < -0.39 is 0 Å². The van der Waals surface area contributed by atoms with Crippen LogP contribution in [0.5, 0.6) is 0 Å². The minimum atomic E-state index is 0.347. The van der Waals surface area contributed by atoms with E-state index in [4.69, 9.17) is 4.74 Å². The number of pyridine rings is 1. The molecule has 0 spiro atoms. The van der Waals surface area contributed by atoms with Crippen LogP contribution in [0.25, 0.3) is 10.9 Å². The van der Waals surface area contributed by atoms with Crippen molar-refractivity contribution < 1.29 is 9.53 Å². The molecule has 2 N–H and O–H groups in total. The van der Waals surface area contributed by atoms with Crippen molar-refractivity contribution >= 4 is 22.5 Å². The van der Waals surface area contributed by atoms with Gasteiger partial charge in [0.15, 0.2) is 0 Å². The van der Waals surface area contributed by atoms with Gasteiger partial charge < -0.3 is 10.1 Å². The van der Waals surface area contributed by atoms with Gasteiger partial charge in [0.05, 0.1) is 10.9 Å². The van der Waals surface area contributed by atoms with Crippen molar-refractivity contribution in [1.29, 1.82) is 0 Å². The molecule has 0 aromatic carbocycles. The third kappa shape index (κ3) is 4.90.